The van der Waals surface area contributed by atoms with Gasteiger partial charge in [-0.1, -0.05) is 22.8 Å². The predicted octanol–water partition coefficient (Wildman–Crippen LogP) is 4.48. The Morgan fingerprint density at radius 1 is 1.24 bits per heavy atom. The molecule has 0 N–H and O–H groups in total. The number of nitrogens with zero attached hydrogens (tertiary/aromatic N) is 1. The Balaban J connectivity index is 0.00000220. The third-order valence-corrected chi connectivity index (χ3v) is 3.41. The Labute approximate surface area is 153 Å². The van der Waals surface area contributed by atoms with Gasteiger partial charge < -0.3 is 4.90 Å². The van der Waals surface area contributed by atoms with E-state index in [1.54, 1.807) is 0 Å². The Morgan fingerprint density at radius 2 is 1.81 bits per heavy atom. The van der Waals surface area contributed by atoms with E-state index in [-0.39, 0.29) is 44.1 Å². The molecule has 2 rings (SSSR count). The summed E-state index contributed by atoms with van der Waals surface area (Å²) in [6.07, 6.45) is 1.32. The molecule has 0 bridgehead atoms. The molecule has 1 aromatic carbocycles. The normalized spacial score (nSPS) is 14.8. The number of halogens is 5. The van der Waals surface area contributed by atoms with E-state index in [9.17, 15) is 17.6 Å². The Morgan fingerprint density at radius 3 is 2.33 bits per heavy atom. The first-order valence-corrected chi connectivity index (χ1v) is 6.39. The molecule has 1 aromatic rings. The zero-order valence-electron chi connectivity index (χ0n) is 10.7. The first-order valence-electron chi connectivity index (χ1n) is 5.60. The fourth-order valence-electron chi connectivity index (χ4n) is 1.83. The van der Waals surface area contributed by atoms with Gasteiger partial charge in [0.05, 0.1) is 18.2 Å². The molecule has 0 unspecified atom stereocenters. The Kier molecular flexibility index (Phi) is 6.82. The Hall–Kier alpha value is -0.456. The second kappa shape index (κ2) is 7.70. The van der Waals surface area contributed by atoms with Gasteiger partial charge in [-0.3, -0.25) is 0 Å². The molecule has 0 saturated heterocycles. The molecule has 1 aliphatic heterocycles. The van der Waals surface area contributed by atoms with Gasteiger partial charge in [0.25, 0.3) is 6.43 Å². The minimum absolute atomic E-state index is 0. The van der Waals surface area contributed by atoms with Crippen LogP contribution in [-0.4, -0.2) is 17.9 Å². The van der Waals surface area contributed by atoms with E-state index >= 15 is 0 Å². The van der Waals surface area contributed by atoms with Gasteiger partial charge in [-0.2, -0.15) is 12.2 Å². The molecule has 1 heterocycles. The molecule has 0 amide bonds. The predicted molar refractivity (Wildman–Crippen MR) is 71.9 cm³/mol. The molecule has 0 aromatic heterocycles. The largest absolute Gasteiger partial charge is 0.369 e. The van der Waals surface area contributed by atoms with E-state index in [0.717, 1.165) is 17.0 Å². The van der Waals surface area contributed by atoms with Crippen LogP contribution in [0.5, 0.6) is 0 Å². The van der Waals surface area contributed by atoms with Crippen LogP contribution in [-0.2, 0) is 32.7 Å². The third kappa shape index (κ3) is 4.05. The van der Waals surface area contributed by atoms with Crippen molar-refractivity contribution >= 4 is 21.6 Å². The molecule has 109 valence electrons. The van der Waals surface area contributed by atoms with Crippen LogP contribution in [0.15, 0.2) is 41.0 Å². The van der Waals surface area contributed by atoms with E-state index in [1.165, 1.54) is 12.1 Å². The maximum absolute atomic E-state index is 13.8. The summed E-state index contributed by atoms with van der Waals surface area (Å²) in [4.78, 5) is 1.04. The van der Waals surface area contributed by atoms with Gasteiger partial charge >= 0.3 is 0 Å². The molecule has 0 fully saturated rings. The molecule has 1 aliphatic rings. The van der Waals surface area contributed by atoms with Crippen molar-refractivity contribution in [2.45, 2.75) is 6.43 Å². The number of alkyl halides is 2. The van der Waals surface area contributed by atoms with Crippen molar-refractivity contribution < 1.29 is 50.3 Å². The standard InChI is InChI=1S/C14H9BrF4N.Y/c1-8-9(15)5-6-12(20(8)7-13(18)19)14-10(16)3-2-4-11(14)17;/h2-5,13H,1,7H2;/q-1;. The number of allylic oxidation sites excluding steroid dienone is 3. The average Bonchev–Trinajstić information content (AvgIpc) is 2.37. The number of rotatable bonds is 3. The molecule has 0 atom stereocenters. The molecule has 1 radical (unpaired) electrons. The molecule has 1 nitrogen and oxygen atoms in total. The van der Waals surface area contributed by atoms with E-state index in [0.29, 0.717) is 4.48 Å². The van der Waals surface area contributed by atoms with Crippen molar-refractivity contribution in [2.75, 3.05) is 6.54 Å². The van der Waals surface area contributed by atoms with E-state index in [2.05, 4.69) is 28.6 Å². The maximum Gasteiger partial charge on any atom is 0.256 e. The van der Waals surface area contributed by atoms with E-state index in [1.807, 2.05) is 0 Å². The van der Waals surface area contributed by atoms with Gasteiger partial charge in [-0.15, -0.1) is 15.9 Å². The molecule has 7 heteroatoms. The van der Waals surface area contributed by atoms with Crippen molar-refractivity contribution in [2.24, 2.45) is 0 Å². The number of benzene rings is 1. The SMILES string of the molecule is C=C1C(Br)=C[C-]=C(c2c(F)cccc2F)N1CC(F)F.[Y]. The van der Waals surface area contributed by atoms with Crippen molar-refractivity contribution in [1.82, 2.24) is 4.90 Å². The average molecular weight is 436 g/mol. The quantitative estimate of drug-likeness (QED) is 0.499. The second-order valence-corrected chi connectivity index (χ2v) is 4.88. The molecular formula is C14H9BrF4NY-. The zero-order valence-corrected chi connectivity index (χ0v) is 15.1. The Bertz CT molecular complexity index is 593. The topological polar surface area (TPSA) is 3.24 Å². The van der Waals surface area contributed by atoms with Crippen molar-refractivity contribution in [1.29, 1.82) is 0 Å². The zero-order chi connectivity index (χ0) is 14.9. The monoisotopic (exact) mass is 435 g/mol. The van der Waals surface area contributed by atoms with Gasteiger partial charge in [-0.25, -0.2) is 17.6 Å². The van der Waals surface area contributed by atoms with Gasteiger partial charge in [0, 0.05) is 32.7 Å². The summed E-state index contributed by atoms with van der Waals surface area (Å²) in [5.41, 5.74) is -0.304. The number of hydrogen-bond acceptors (Lipinski definition) is 1. The van der Waals surface area contributed by atoms with E-state index < -0.39 is 30.2 Å². The smallest absolute Gasteiger partial charge is 0.256 e. The summed E-state index contributed by atoms with van der Waals surface area (Å²) < 4.78 is 53.3. The van der Waals surface area contributed by atoms with Crippen LogP contribution < -0.4 is 0 Å². The summed E-state index contributed by atoms with van der Waals surface area (Å²) in [6, 6.07) is 3.32. The summed E-state index contributed by atoms with van der Waals surface area (Å²) in [5, 5.41) is 0. The fourth-order valence-corrected chi connectivity index (χ4v) is 2.16. The van der Waals surface area contributed by atoms with Crippen molar-refractivity contribution in [3.8, 4) is 0 Å². The van der Waals surface area contributed by atoms with Gasteiger partial charge in [0.2, 0.25) is 0 Å². The minimum Gasteiger partial charge on any atom is -0.369 e. The van der Waals surface area contributed by atoms with Gasteiger partial charge in [0.1, 0.15) is 0 Å². The molecule has 21 heavy (non-hydrogen) atoms. The molecule has 0 saturated carbocycles. The maximum atomic E-state index is 13.8. The minimum atomic E-state index is -2.68. The van der Waals surface area contributed by atoms with Crippen LogP contribution in [0.1, 0.15) is 5.56 Å². The van der Waals surface area contributed by atoms with Gasteiger partial charge in [0.15, 0.2) is 0 Å². The van der Waals surface area contributed by atoms with Gasteiger partial charge in [-0.05, 0) is 23.4 Å². The summed E-state index contributed by atoms with van der Waals surface area (Å²) >= 11 is 3.13. The van der Waals surface area contributed by atoms with Crippen LogP contribution in [0.4, 0.5) is 17.6 Å². The molecule has 0 spiro atoms. The van der Waals surface area contributed by atoms with Crippen molar-refractivity contribution in [3.05, 3.63) is 64.3 Å². The van der Waals surface area contributed by atoms with E-state index in [4.69, 9.17) is 0 Å². The van der Waals surface area contributed by atoms with Crippen LogP contribution in [0.3, 0.4) is 0 Å². The van der Waals surface area contributed by atoms with Crippen LogP contribution >= 0.6 is 15.9 Å². The molecule has 0 aliphatic carbocycles. The number of hydrogen-bond donors (Lipinski definition) is 0. The molecular weight excluding hydrogens is 427 g/mol. The van der Waals surface area contributed by atoms with Crippen LogP contribution in [0, 0.1) is 17.7 Å². The summed E-state index contributed by atoms with van der Waals surface area (Å²) in [6.45, 7) is 2.91. The second-order valence-electron chi connectivity index (χ2n) is 4.03. The third-order valence-electron chi connectivity index (χ3n) is 2.73. The van der Waals surface area contributed by atoms with Crippen LogP contribution in [0.2, 0.25) is 0 Å². The van der Waals surface area contributed by atoms with Crippen LogP contribution in [0.25, 0.3) is 5.70 Å². The first kappa shape index (κ1) is 18.6. The summed E-state index contributed by atoms with van der Waals surface area (Å²) in [7, 11) is 0. The fraction of sp³-hybridized carbons (Fsp3) is 0.143. The first-order chi connectivity index (χ1) is 9.41. The van der Waals surface area contributed by atoms with Crippen molar-refractivity contribution in [3.63, 3.8) is 0 Å². The summed E-state index contributed by atoms with van der Waals surface area (Å²) in [5.74, 6) is -1.68.